The quantitative estimate of drug-likeness (QED) is 0.352. The standard InChI is InChI=1S/C30H24ClNO6/c1-14-10-22(33)20-13-19-17(24(26(20)27(14)34)15-11-21(31)28(35)23(12-15)38-2)8-9-18-25(19)30(37)32(29(18)36)16-6-4-3-5-7-16/h3-8,10-12,18-19,24-25,35H,9,13H2,1-2H3. The van der Waals surface area contributed by atoms with Crippen LogP contribution in [-0.2, 0) is 19.2 Å². The van der Waals surface area contributed by atoms with E-state index in [1.54, 1.807) is 43.3 Å². The summed E-state index contributed by atoms with van der Waals surface area (Å²) in [5.41, 5.74) is 2.94. The van der Waals surface area contributed by atoms with Gasteiger partial charge in [-0.2, -0.15) is 0 Å². The van der Waals surface area contributed by atoms with E-state index in [0.29, 0.717) is 34.4 Å². The number of ketones is 2. The van der Waals surface area contributed by atoms with Crippen molar-refractivity contribution >= 4 is 40.7 Å². The molecular formula is C30H24ClNO6. The molecule has 4 unspecified atom stereocenters. The minimum Gasteiger partial charge on any atom is -0.503 e. The second-order valence-corrected chi connectivity index (χ2v) is 10.5. The Morgan fingerprint density at radius 1 is 1.03 bits per heavy atom. The van der Waals surface area contributed by atoms with Crippen LogP contribution in [0.1, 0.15) is 31.2 Å². The lowest BCUT2D eigenvalue weighted by molar-refractivity contribution is -0.123. The number of amides is 2. The Balaban J connectivity index is 1.52. The molecule has 4 atom stereocenters. The number of nitrogens with zero attached hydrogens (tertiary/aromatic N) is 1. The van der Waals surface area contributed by atoms with Gasteiger partial charge in [-0.1, -0.05) is 41.4 Å². The molecule has 2 aromatic carbocycles. The van der Waals surface area contributed by atoms with Gasteiger partial charge < -0.3 is 9.84 Å². The Morgan fingerprint density at radius 3 is 2.47 bits per heavy atom. The van der Waals surface area contributed by atoms with Gasteiger partial charge in [0, 0.05) is 22.6 Å². The van der Waals surface area contributed by atoms with Crippen LogP contribution in [0.15, 0.2) is 76.9 Å². The summed E-state index contributed by atoms with van der Waals surface area (Å²) >= 11 is 6.35. The number of anilines is 1. The lowest BCUT2D eigenvalue weighted by Gasteiger charge is -2.42. The number of carbonyl (C=O) groups is 4. The van der Waals surface area contributed by atoms with Gasteiger partial charge >= 0.3 is 0 Å². The number of imide groups is 1. The van der Waals surface area contributed by atoms with Crippen molar-refractivity contribution in [3.8, 4) is 11.5 Å². The highest BCUT2D eigenvalue weighted by molar-refractivity contribution is 6.32. The molecule has 3 aliphatic carbocycles. The predicted molar refractivity (Wildman–Crippen MR) is 140 cm³/mol. The summed E-state index contributed by atoms with van der Waals surface area (Å²) in [5.74, 6) is -3.50. The van der Waals surface area contributed by atoms with Crippen molar-refractivity contribution in [3.63, 3.8) is 0 Å². The molecule has 6 rings (SSSR count). The van der Waals surface area contributed by atoms with Gasteiger partial charge in [0.15, 0.2) is 23.1 Å². The van der Waals surface area contributed by atoms with Gasteiger partial charge in [0.1, 0.15) is 0 Å². The third-order valence-electron chi connectivity index (χ3n) is 8.18. The number of benzene rings is 2. The molecule has 2 amide bonds. The van der Waals surface area contributed by atoms with E-state index in [1.165, 1.54) is 18.1 Å². The lowest BCUT2D eigenvalue weighted by atomic mass is 9.59. The van der Waals surface area contributed by atoms with Crippen LogP contribution in [-0.4, -0.2) is 35.6 Å². The monoisotopic (exact) mass is 529 g/mol. The largest absolute Gasteiger partial charge is 0.503 e. The summed E-state index contributed by atoms with van der Waals surface area (Å²) in [4.78, 5) is 55.3. The number of halogens is 1. The fraction of sp³-hybridized carbons (Fsp3) is 0.267. The van der Waals surface area contributed by atoms with Crippen molar-refractivity contribution in [2.24, 2.45) is 17.8 Å². The van der Waals surface area contributed by atoms with Gasteiger partial charge in [0.25, 0.3) is 0 Å². The van der Waals surface area contributed by atoms with Crippen molar-refractivity contribution < 1.29 is 29.0 Å². The van der Waals surface area contributed by atoms with Crippen LogP contribution < -0.4 is 9.64 Å². The second kappa shape index (κ2) is 8.81. The summed E-state index contributed by atoms with van der Waals surface area (Å²) in [5, 5.41) is 10.4. The molecule has 1 saturated heterocycles. The van der Waals surface area contributed by atoms with Gasteiger partial charge in [0.2, 0.25) is 11.8 Å². The second-order valence-electron chi connectivity index (χ2n) is 10.1. The molecule has 8 heteroatoms. The molecule has 0 radical (unpaired) electrons. The maximum atomic E-state index is 13.8. The minimum absolute atomic E-state index is 0.0436. The molecule has 1 fully saturated rings. The first-order valence-corrected chi connectivity index (χ1v) is 12.8. The third kappa shape index (κ3) is 3.42. The van der Waals surface area contributed by atoms with E-state index in [0.717, 1.165) is 5.57 Å². The average Bonchev–Trinajstić information content (AvgIpc) is 3.17. The number of fused-ring (bicyclic) bond motifs is 3. The number of para-hydroxylation sites is 1. The summed E-state index contributed by atoms with van der Waals surface area (Å²) < 4.78 is 5.32. The molecule has 192 valence electrons. The van der Waals surface area contributed by atoms with E-state index in [2.05, 4.69) is 0 Å². The summed E-state index contributed by atoms with van der Waals surface area (Å²) in [6.07, 6.45) is 3.81. The van der Waals surface area contributed by atoms with E-state index in [9.17, 15) is 24.3 Å². The maximum absolute atomic E-state index is 13.8. The first-order valence-electron chi connectivity index (χ1n) is 12.4. The topological polar surface area (TPSA) is 101 Å². The number of aromatic hydroxyl groups is 1. The number of carbonyl (C=O) groups excluding carboxylic acids is 4. The summed E-state index contributed by atoms with van der Waals surface area (Å²) in [7, 11) is 1.40. The Bertz CT molecular complexity index is 1540. The molecule has 38 heavy (non-hydrogen) atoms. The maximum Gasteiger partial charge on any atom is 0.238 e. The summed E-state index contributed by atoms with van der Waals surface area (Å²) in [6, 6.07) is 12.0. The van der Waals surface area contributed by atoms with Crippen LogP contribution in [0.25, 0.3) is 0 Å². The zero-order valence-corrected chi connectivity index (χ0v) is 21.5. The van der Waals surface area contributed by atoms with Gasteiger partial charge in [-0.15, -0.1) is 0 Å². The number of phenolic OH excluding ortho intramolecular Hbond substituents is 1. The van der Waals surface area contributed by atoms with Crippen molar-refractivity contribution in [3.05, 3.63) is 87.5 Å². The molecule has 0 spiro atoms. The molecule has 2 aromatic rings. The number of allylic oxidation sites excluding steroid dienone is 6. The average molecular weight is 530 g/mol. The SMILES string of the molecule is COc1cc(C2C3=CCC4C(=O)N(c5ccccc5)C(=O)C4C3CC3=C2C(=O)C(C)=CC3=O)cc(Cl)c1O. The van der Waals surface area contributed by atoms with Crippen LogP contribution in [0.4, 0.5) is 5.69 Å². The van der Waals surface area contributed by atoms with E-state index in [-0.39, 0.29) is 46.3 Å². The van der Waals surface area contributed by atoms with Crippen LogP contribution in [0.2, 0.25) is 5.02 Å². The fourth-order valence-corrected chi connectivity index (χ4v) is 6.71. The molecular weight excluding hydrogens is 506 g/mol. The Hall–Kier alpha value is -3.97. The van der Waals surface area contributed by atoms with E-state index < -0.39 is 23.7 Å². The van der Waals surface area contributed by atoms with Gasteiger partial charge in [0.05, 0.1) is 29.7 Å². The van der Waals surface area contributed by atoms with Gasteiger partial charge in [-0.05, 0) is 61.6 Å². The molecule has 0 saturated carbocycles. The normalized spacial score (nSPS) is 26.6. The Morgan fingerprint density at radius 2 is 1.76 bits per heavy atom. The molecule has 0 aromatic heterocycles. The smallest absolute Gasteiger partial charge is 0.238 e. The molecule has 4 aliphatic rings. The zero-order chi connectivity index (χ0) is 26.9. The number of ether oxygens (including phenoxy) is 1. The van der Waals surface area contributed by atoms with Crippen molar-refractivity contribution in [1.82, 2.24) is 0 Å². The predicted octanol–water partition coefficient (Wildman–Crippen LogP) is 4.69. The molecule has 1 N–H and O–H groups in total. The zero-order valence-electron chi connectivity index (χ0n) is 20.7. The van der Waals surface area contributed by atoms with Crippen LogP contribution in [0.5, 0.6) is 11.5 Å². The highest BCUT2D eigenvalue weighted by Crippen LogP contribution is 2.56. The van der Waals surface area contributed by atoms with Crippen molar-refractivity contribution in [2.45, 2.75) is 25.7 Å². The highest BCUT2D eigenvalue weighted by Gasteiger charge is 2.56. The number of Topliss-reactive ketones (excluding diaryl/α,β-unsaturated/α-hetero) is 1. The fourth-order valence-electron chi connectivity index (χ4n) is 6.49. The number of hydrogen-bond donors (Lipinski definition) is 1. The number of methoxy groups -OCH3 is 1. The molecule has 7 nitrogen and oxygen atoms in total. The summed E-state index contributed by atoms with van der Waals surface area (Å²) in [6.45, 7) is 1.61. The van der Waals surface area contributed by atoms with E-state index in [1.807, 2.05) is 12.1 Å². The van der Waals surface area contributed by atoms with E-state index >= 15 is 0 Å². The van der Waals surface area contributed by atoms with Crippen LogP contribution in [0.3, 0.4) is 0 Å². The van der Waals surface area contributed by atoms with Gasteiger partial charge in [-0.3, -0.25) is 24.1 Å². The first-order chi connectivity index (χ1) is 18.2. The van der Waals surface area contributed by atoms with Gasteiger partial charge in [-0.25, -0.2) is 0 Å². The number of rotatable bonds is 3. The van der Waals surface area contributed by atoms with Crippen molar-refractivity contribution in [2.75, 3.05) is 12.0 Å². The molecule has 0 bridgehead atoms. The lowest BCUT2D eigenvalue weighted by Crippen LogP contribution is -2.39. The van der Waals surface area contributed by atoms with Crippen LogP contribution in [0, 0.1) is 17.8 Å². The first kappa shape index (κ1) is 24.4. The Labute approximate surface area is 224 Å². The van der Waals surface area contributed by atoms with Crippen LogP contribution >= 0.6 is 11.6 Å². The van der Waals surface area contributed by atoms with E-state index in [4.69, 9.17) is 16.3 Å². The molecule has 1 aliphatic heterocycles. The third-order valence-corrected chi connectivity index (χ3v) is 8.47. The minimum atomic E-state index is -0.675. The molecule has 1 heterocycles. The number of phenols is 1. The van der Waals surface area contributed by atoms with Crippen molar-refractivity contribution in [1.29, 1.82) is 0 Å². The number of hydrogen-bond acceptors (Lipinski definition) is 6. The highest BCUT2D eigenvalue weighted by atomic mass is 35.5. The Kier molecular flexibility index (Phi) is 5.65.